The maximum absolute atomic E-state index is 11.3. The summed E-state index contributed by atoms with van der Waals surface area (Å²) < 4.78 is 0. The van der Waals surface area contributed by atoms with Gasteiger partial charge >= 0.3 is 5.69 Å². The van der Waals surface area contributed by atoms with Crippen molar-refractivity contribution in [3.63, 3.8) is 0 Å². The first-order chi connectivity index (χ1) is 10.0. The Morgan fingerprint density at radius 1 is 1.33 bits per heavy atom. The van der Waals surface area contributed by atoms with Gasteiger partial charge in [-0.3, -0.25) is 14.9 Å². The van der Waals surface area contributed by atoms with Crippen molar-refractivity contribution in [2.75, 3.05) is 10.6 Å². The smallest absolute Gasteiger partial charge is 0.311 e. The van der Waals surface area contributed by atoms with Crippen LogP contribution in [-0.2, 0) is 11.2 Å². The number of aromatic nitrogens is 1. The second-order valence-corrected chi connectivity index (χ2v) is 4.87. The number of halogens is 1. The monoisotopic (exact) mass is 304 g/mol. The van der Waals surface area contributed by atoms with Gasteiger partial charge in [0.1, 0.15) is 5.15 Å². The molecular formula is C13H9ClN4O3. The van der Waals surface area contributed by atoms with Crippen LogP contribution < -0.4 is 10.6 Å². The molecule has 106 valence electrons. The highest BCUT2D eigenvalue weighted by Gasteiger charge is 2.19. The molecule has 0 unspecified atom stereocenters. The van der Waals surface area contributed by atoms with E-state index in [2.05, 4.69) is 15.6 Å². The van der Waals surface area contributed by atoms with E-state index in [1.165, 1.54) is 12.1 Å². The van der Waals surface area contributed by atoms with E-state index >= 15 is 0 Å². The van der Waals surface area contributed by atoms with Crippen molar-refractivity contribution >= 4 is 40.4 Å². The van der Waals surface area contributed by atoms with Crippen LogP contribution in [0, 0.1) is 10.1 Å². The number of nitrogens with one attached hydrogen (secondary N) is 2. The fourth-order valence-electron chi connectivity index (χ4n) is 2.11. The number of amides is 1. The van der Waals surface area contributed by atoms with E-state index in [1.54, 1.807) is 18.2 Å². The Morgan fingerprint density at radius 2 is 2.14 bits per heavy atom. The van der Waals surface area contributed by atoms with Crippen molar-refractivity contribution in [2.24, 2.45) is 0 Å². The minimum atomic E-state index is -0.538. The molecular weight excluding hydrogens is 296 g/mol. The lowest BCUT2D eigenvalue weighted by molar-refractivity contribution is -0.384. The summed E-state index contributed by atoms with van der Waals surface area (Å²) in [7, 11) is 0. The second-order valence-electron chi connectivity index (χ2n) is 4.48. The summed E-state index contributed by atoms with van der Waals surface area (Å²) in [4.78, 5) is 25.7. The van der Waals surface area contributed by atoms with Crippen LogP contribution in [-0.4, -0.2) is 15.8 Å². The molecule has 1 aromatic carbocycles. The Hall–Kier alpha value is -2.67. The minimum Gasteiger partial charge on any atom is -0.334 e. The number of rotatable bonds is 3. The Balaban J connectivity index is 1.94. The van der Waals surface area contributed by atoms with E-state index in [0.717, 1.165) is 11.3 Å². The Labute approximate surface area is 124 Å². The molecule has 0 saturated carbocycles. The number of carbonyl (C=O) groups excluding carboxylic acids is 1. The quantitative estimate of drug-likeness (QED) is 0.516. The van der Waals surface area contributed by atoms with Crippen LogP contribution in [0.3, 0.4) is 0 Å². The van der Waals surface area contributed by atoms with Crippen LogP contribution in [0.2, 0.25) is 5.15 Å². The molecule has 1 aliphatic heterocycles. The largest absolute Gasteiger partial charge is 0.334 e. The average Bonchev–Trinajstić information content (AvgIpc) is 2.77. The molecule has 0 fully saturated rings. The third-order valence-corrected chi connectivity index (χ3v) is 3.24. The number of nitro groups is 1. The van der Waals surface area contributed by atoms with E-state index in [-0.39, 0.29) is 29.0 Å². The fourth-order valence-corrected chi connectivity index (χ4v) is 2.26. The van der Waals surface area contributed by atoms with Gasteiger partial charge in [-0.05, 0) is 29.8 Å². The van der Waals surface area contributed by atoms with Crippen molar-refractivity contribution in [2.45, 2.75) is 6.42 Å². The topological polar surface area (TPSA) is 97.2 Å². The predicted octanol–water partition coefficient (Wildman–Crippen LogP) is 2.88. The van der Waals surface area contributed by atoms with Gasteiger partial charge in [0.05, 0.1) is 11.3 Å². The highest BCUT2D eigenvalue weighted by atomic mass is 35.5. The van der Waals surface area contributed by atoms with Crippen LogP contribution in [0.15, 0.2) is 30.3 Å². The molecule has 2 N–H and O–H groups in total. The number of nitrogens with zero attached hydrogens (tertiary/aromatic N) is 2. The Bertz CT molecular complexity index is 763. The average molecular weight is 305 g/mol. The van der Waals surface area contributed by atoms with Gasteiger partial charge in [0.25, 0.3) is 0 Å². The van der Waals surface area contributed by atoms with Crippen molar-refractivity contribution in [1.82, 2.24) is 4.98 Å². The van der Waals surface area contributed by atoms with Gasteiger partial charge in [-0.2, -0.15) is 0 Å². The first-order valence-electron chi connectivity index (χ1n) is 6.03. The molecule has 2 aromatic rings. The summed E-state index contributed by atoms with van der Waals surface area (Å²) in [5, 5.41) is 16.7. The summed E-state index contributed by atoms with van der Waals surface area (Å²) in [5.41, 5.74) is 2.01. The first kappa shape index (κ1) is 13.3. The lowest BCUT2D eigenvalue weighted by Crippen LogP contribution is -2.03. The predicted molar refractivity (Wildman–Crippen MR) is 78.0 cm³/mol. The lowest BCUT2D eigenvalue weighted by atomic mass is 10.1. The molecule has 3 rings (SSSR count). The van der Waals surface area contributed by atoms with Crippen molar-refractivity contribution < 1.29 is 9.72 Å². The summed E-state index contributed by atoms with van der Waals surface area (Å²) in [6.45, 7) is 0. The molecule has 0 atom stereocenters. The molecule has 8 heteroatoms. The number of pyridine rings is 1. The third-order valence-electron chi connectivity index (χ3n) is 3.03. The number of hydrogen-bond acceptors (Lipinski definition) is 5. The summed E-state index contributed by atoms with van der Waals surface area (Å²) in [6.07, 6.45) is 0.288. The Kier molecular flexibility index (Phi) is 3.19. The van der Waals surface area contributed by atoms with Gasteiger partial charge in [-0.25, -0.2) is 4.98 Å². The molecule has 21 heavy (non-hydrogen) atoms. The molecule has 1 aromatic heterocycles. The van der Waals surface area contributed by atoms with Crippen LogP contribution in [0.1, 0.15) is 5.56 Å². The van der Waals surface area contributed by atoms with Gasteiger partial charge in [0, 0.05) is 17.4 Å². The zero-order chi connectivity index (χ0) is 15.0. The standard InChI is InChI=1S/C13H9ClN4O3/c14-11-4-3-10(18(20)21)13(17-11)15-8-1-2-9-7(5-8)6-12(19)16-9/h1-5H,6H2,(H,15,17)(H,16,19). The maximum Gasteiger partial charge on any atom is 0.311 e. The highest BCUT2D eigenvalue weighted by Crippen LogP contribution is 2.30. The van der Waals surface area contributed by atoms with Crippen LogP contribution in [0.5, 0.6) is 0 Å². The highest BCUT2D eigenvalue weighted by molar-refractivity contribution is 6.29. The summed E-state index contributed by atoms with van der Waals surface area (Å²) >= 11 is 5.77. The van der Waals surface area contributed by atoms with Gasteiger partial charge in [-0.1, -0.05) is 11.6 Å². The molecule has 2 heterocycles. The number of carbonyl (C=O) groups is 1. The Morgan fingerprint density at radius 3 is 2.90 bits per heavy atom. The summed E-state index contributed by atoms with van der Waals surface area (Å²) in [5.74, 6) is -0.0151. The number of fused-ring (bicyclic) bond motifs is 1. The van der Waals surface area contributed by atoms with E-state index in [1.807, 2.05) is 0 Å². The van der Waals surface area contributed by atoms with E-state index in [0.29, 0.717) is 5.69 Å². The van der Waals surface area contributed by atoms with E-state index < -0.39 is 4.92 Å². The van der Waals surface area contributed by atoms with E-state index in [9.17, 15) is 14.9 Å². The van der Waals surface area contributed by atoms with Gasteiger partial charge in [-0.15, -0.1) is 0 Å². The molecule has 0 radical (unpaired) electrons. The van der Waals surface area contributed by atoms with Crippen LogP contribution in [0.4, 0.5) is 22.9 Å². The molecule has 1 aliphatic rings. The minimum absolute atomic E-state index is 0.0599. The normalized spacial score (nSPS) is 12.7. The third kappa shape index (κ3) is 2.63. The fraction of sp³-hybridized carbons (Fsp3) is 0.0769. The number of benzene rings is 1. The van der Waals surface area contributed by atoms with Crippen LogP contribution >= 0.6 is 11.6 Å². The SMILES string of the molecule is O=C1Cc2cc(Nc3nc(Cl)ccc3[N+](=O)[O-])ccc2N1. The molecule has 0 bridgehead atoms. The molecule has 0 spiro atoms. The molecule has 1 amide bonds. The zero-order valence-electron chi connectivity index (χ0n) is 10.6. The van der Waals surface area contributed by atoms with Gasteiger partial charge < -0.3 is 10.6 Å². The lowest BCUT2D eigenvalue weighted by Gasteiger charge is -2.08. The van der Waals surface area contributed by atoms with Gasteiger partial charge in [0.2, 0.25) is 11.7 Å². The number of hydrogen-bond donors (Lipinski definition) is 2. The maximum atomic E-state index is 11.3. The van der Waals surface area contributed by atoms with E-state index in [4.69, 9.17) is 11.6 Å². The van der Waals surface area contributed by atoms with Crippen molar-refractivity contribution in [3.05, 3.63) is 51.2 Å². The second kappa shape index (κ2) is 5.02. The van der Waals surface area contributed by atoms with Crippen molar-refractivity contribution in [3.8, 4) is 0 Å². The first-order valence-corrected chi connectivity index (χ1v) is 6.41. The number of anilines is 3. The molecule has 7 nitrogen and oxygen atoms in total. The van der Waals surface area contributed by atoms with Crippen LogP contribution in [0.25, 0.3) is 0 Å². The molecule has 0 aliphatic carbocycles. The van der Waals surface area contributed by atoms with Crippen molar-refractivity contribution in [1.29, 1.82) is 0 Å². The molecule has 0 saturated heterocycles. The zero-order valence-corrected chi connectivity index (χ0v) is 11.3. The summed E-state index contributed by atoms with van der Waals surface area (Å²) in [6, 6.07) is 7.83. The van der Waals surface area contributed by atoms with Gasteiger partial charge in [0.15, 0.2) is 0 Å².